The van der Waals surface area contributed by atoms with Crippen LogP contribution in [0.2, 0.25) is 0 Å². The van der Waals surface area contributed by atoms with Gasteiger partial charge in [0, 0.05) is 0 Å². The Balaban J connectivity index is 1.56. The highest BCUT2D eigenvalue weighted by atomic mass is 32.2. The number of hydrogen-bond acceptors (Lipinski definition) is 5. The first-order chi connectivity index (χ1) is 13.6. The Labute approximate surface area is 175 Å². The average molecular weight is 414 g/mol. The van der Waals surface area contributed by atoms with Gasteiger partial charge in [0.1, 0.15) is 29.0 Å². The van der Waals surface area contributed by atoms with Crippen LogP contribution in [0.25, 0.3) is 6.08 Å². The summed E-state index contributed by atoms with van der Waals surface area (Å²) < 4.78 is 12.2. The third-order valence-corrected chi connectivity index (χ3v) is 5.63. The van der Waals surface area contributed by atoms with Crippen LogP contribution in [0.1, 0.15) is 37.3 Å². The third kappa shape index (κ3) is 5.36. The molecule has 28 heavy (non-hydrogen) atoms. The Morgan fingerprint density at radius 3 is 2.68 bits per heavy atom. The van der Waals surface area contributed by atoms with E-state index >= 15 is 0 Å². The van der Waals surface area contributed by atoms with Crippen LogP contribution in [0, 0.1) is 0 Å². The summed E-state index contributed by atoms with van der Waals surface area (Å²) in [7, 11) is 0. The van der Waals surface area contributed by atoms with Crippen molar-refractivity contribution < 1.29 is 14.3 Å². The van der Waals surface area contributed by atoms with Crippen molar-refractivity contribution >= 4 is 40.3 Å². The van der Waals surface area contributed by atoms with Crippen molar-refractivity contribution in [2.45, 2.75) is 26.2 Å². The van der Waals surface area contributed by atoms with Crippen LogP contribution in [0.3, 0.4) is 0 Å². The number of carbonyl (C=O) groups is 1. The molecule has 2 aromatic carbocycles. The molecule has 0 radical (unpaired) electrons. The van der Waals surface area contributed by atoms with Gasteiger partial charge in [0.2, 0.25) is 0 Å². The van der Waals surface area contributed by atoms with E-state index in [1.807, 2.05) is 48.5 Å². The van der Waals surface area contributed by atoms with Gasteiger partial charge in [-0.15, -0.1) is 0 Å². The van der Waals surface area contributed by atoms with E-state index in [0.29, 0.717) is 28.4 Å². The molecule has 1 aliphatic rings. The van der Waals surface area contributed by atoms with E-state index in [0.717, 1.165) is 23.5 Å². The molecule has 1 saturated heterocycles. The number of nitrogens with one attached hydrogen (secondary N) is 1. The molecule has 1 fully saturated rings. The number of carbonyl (C=O) groups excluding carboxylic acids is 1. The summed E-state index contributed by atoms with van der Waals surface area (Å²) in [6.45, 7) is 5.28. The normalized spacial score (nSPS) is 16.1. The largest absolute Gasteiger partial charge is 0.490 e. The lowest BCUT2D eigenvalue weighted by atomic mass is 9.98. The first-order valence-corrected chi connectivity index (χ1v) is 10.5. The van der Waals surface area contributed by atoms with E-state index in [2.05, 4.69) is 25.2 Å². The number of thiocarbonyl (C=S) groups is 1. The topological polar surface area (TPSA) is 47.6 Å². The fourth-order valence-corrected chi connectivity index (χ4v) is 3.86. The summed E-state index contributed by atoms with van der Waals surface area (Å²) in [5.74, 6) is 1.95. The van der Waals surface area contributed by atoms with Gasteiger partial charge in [-0.05, 0) is 47.7 Å². The van der Waals surface area contributed by atoms with Gasteiger partial charge in [-0.25, -0.2) is 0 Å². The molecule has 0 aliphatic carbocycles. The molecule has 1 unspecified atom stereocenters. The highest BCUT2D eigenvalue weighted by Crippen LogP contribution is 2.29. The number of hydrogen-bond donors (Lipinski definition) is 1. The second kappa shape index (κ2) is 9.75. The SMILES string of the molecule is CCC(C)c1ccccc1OCCOc1cccc(/C=C2\SC(=S)NC2=O)c1. The van der Waals surface area contributed by atoms with Crippen LogP contribution in [0.15, 0.2) is 53.4 Å². The molecule has 0 bridgehead atoms. The molecule has 1 aliphatic heterocycles. The molecule has 1 heterocycles. The summed E-state index contributed by atoms with van der Waals surface area (Å²) in [6, 6.07) is 15.8. The minimum Gasteiger partial charge on any atom is -0.490 e. The maximum atomic E-state index is 11.8. The Bertz CT molecular complexity index is 895. The molecular weight excluding hydrogens is 390 g/mol. The van der Waals surface area contributed by atoms with E-state index in [4.69, 9.17) is 21.7 Å². The maximum Gasteiger partial charge on any atom is 0.263 e. The van der Waals surface area contributed by atoms with E-state index in [9.17, 15) is 4.79 Å². The summed E-state index contributed by atoms with van der Waals surface area (Å²) in [4.78, 5) is 12.4. The van der Waals surface area contributed by atoms with Crippen LogP contribution < -0.4 is 14.8 Å². The molecule has 1 amide bonds. The quantitative estimate of drug-likeness (QED) is 0.369. The minimum absolute atomic E-state index is 0.158. The van der Waals surface area contributed by atoms with Gasteiger partial charge < -0.3 is 14.8 Å². The zero-order valence-corrected chi connectivity index (χ0v) is 17.6. The van der Waals surface area contributed by atoms with Crippen molar-refractivity contribution in [3.8, 4) is 11.5 Å². The van der Waals surface area contributed by atoms with Gasteiger partial charge in [0.15, 0.2) is 0 Å². The monoisotopic (exact) mass is 413 g/mol. The van der Waals surface area contributed by atoms with Gasteiger partial charge in [-0.1, -0.05) is 68.2 Å². The van der Waals surface area contributed by atoms with Crippen LogP contribution in [-0.2, 0) is 4.79 Å². The van der Waals surface area contributed by atoms with Crippen molar-refractivity contribution in [1.29, 1.82) is 0 Å². The smallest absolute Gasteiger partial charge is 0.263 e. The van der Waals surface area contributed by atoms with Crippen LogP contribution in [0.4, 0.5) is 0 Å². The average Bonchev–Trinajstić information content (AvgIpc) is 3.02. The van der Waals surface area contributed by atoms with Gasteiger partial charge in [0.05, 0.1) is 4.91 Å². The predicted molar refractivity (Wildman–Crippen MR) is 119 cm³/mol. The number of amides is 1. The van der Waals surface area contributed by atoms with Crippen molar-refractivity contribution in [3.63, 3.8) is 0 Å². The number of thioether (sulfide) groups is 1. The molecule has 0 saturated carbocycles. The molecular formula is C22H23NO3S2. The summed E-state index contributed by atoms with van der Waals surface area (Å²) in [6.07, 6.45) is 2.88. The van der Waals surface area contributed by atoms with Crippen molar-refractivity contribution in [2.75, 3.05) is 13.2 Å². The van der Waals surface area contributed by atoms with E-state index in [1.54, 1.807) is 0 Å². The summed E-state index contributed by atoms with van der Waals surface area (Å²) in [5, 5.41) is 2.62. The van der Waals surface area contributed by atoms with Gasteiger partial charge >= 0.3 is 0 Å². The highest BCUT2D eigenvalue weighted by Gasteiger charge is 2.21. The van der Waals surface area contributed by atoms with Crippen LogP contribution in [0.5, 0.6) is 11.5 Å². The van der Waals surface area contributed by atoms with E-state index in [1.165, 1.54) is 17.3 Å². The van der Waals surface area contributed by atoms with Crippen molar-refractivity contribution in [1.82, 2.24) is 5.32 Å². The lowest BCUT2D eigenvalue weighted by Crippen LogP contribution is -2.17. The number of benzene rings is 2. The van der Waals surface area contributed by atoms with Gasteiger partial charge in [-0.3, -0.25) is 4.79 Å². The summed E-state index contributed by atoms with van der Waals surface area (Å²) in [5.41, 5.74) is 2.12. The van der Waals surface area contributed by atoms with Gasteiger partial charge in [-0.2, -0.15) is 0 Å². The van der Waals surface area contributed by atoms with Crippen LogP contribution >= 0.6 is 24.0 Å². The first-order valence-electron chi connectivity index (χ1n) is 9.26. The molecule has 0 aromatic heterocycles. The highest BCUT2D eigenvalue weighted by molar-refractivity contribution is 8.26. The zero-order valence-electron chi connectivity index (χ0n) is 15.9. The molecule has 6 heteroatoms. The van der Waals surface area contributed by atoms with E-state index in [-0.39, 0.29) is 5.91 Å². The zero-order chi connectivity index (χ0) is 19.9. The molecule has 0 spiro atoms. The summed E-state index contributed by atoms with van der Waals surface area (Å²) >= 11 is 6.28. The van der Waals surface area contributed by atoms with E-state index < -0.39 is 0 Å². The second-order valence-electron chi connectivity index (χ2n) is 6.47. The van der Waals surface area contributed by atoms with Crippen molar-refractivity contribution in [2.24, 2.45) is 0 Å². The number of ether oxygens (including phenoxy) is 2. The fourth-order valence-electron chi connectivity index (χ4n) is 2.82. The molecule has 1 N–H and O–H groups in total. The fraction of sp³-hybridized carbons (Fsp3) is 0.273. The Kier molecular flexibility index (Phi) is 7.12. The molecule has 146 valence electrons. The van der Waals surface area contributed by atoms with Crippen LogP contribution in [-0.4, -0.2) is 23.4 Å². The molecule has 3 rings (SSSR count). The standard InChI is InChI=1S/C22H23NO3S2/c1-3-15(2)18-9-4-5-10-19(18)26-12-11-25-17-8-6-7-16(13-17)14-20-21(24)23-22(27)28-20/h4-10,13-15H,3,11-12H2,1-2H3,(H,23,24,27)/b20-14-. The maximum absolute atomic E-state index is 11.8. The number of para-hydroxylation sites is 1. The lowest BCUT2D eigenvalue weighted by Gasteiger charge is -2.16. The lowest BCUT2D eigenvalue weighted by molar-refractivity contribution is -0.115. The predicted octanol–water partition coefficient (Wildman–Crippen LogP) is 5.15. The minimum atomic E-state index is -0.158. The molecule has 2 aromatic rings. The Morgan fingerprint density at radius 2 is 1.93 bits per heavy atom. The third-order valence-electron chi connectivity index (χ3n) is 4.47. The Morgan fingerprint density at radius 1 is 1.14 bits per heavy atom. The van der Waals surface area contributed by atoms with Gasteiger partial charge in [0.25, 0.3) is 5.91 Å². The van der Waals surface area contributed by atoms with Crippen molar-refractivity contribution in [3.05, 3.63) is 64.6 Å². The Hall–Kier alpha value is -2.31. The molecule has 1 atom stereocenters. The molecule has 4 nitrogen and oxygen atoms in total. The first kappa shape index (κ1) is 20.4. The number of rotatable bonds is 8. The second-order valence-corrected chi connectivity index (χ2v) is 8.19.